The molecule has 1 atom stereocenters. The first-order valence-electron chi connectivity index (χ1n) is 5.50. The minimum atomic E-state index is -0.889. The Labute approximate surface area is 128 Å². The summed E-state index contributed by atoms with van der Waals surface area (Å²) in [7, 11) is 0. The highest BCUT2D eigenvalue weighted by atomic mass is 79.9. The van der Waals surface area contributed by atoms with Gasteiger partial charge in [0, 0.05) is 10.5 Å². The number of carbonyl (C=O) groups excluding carboxylic acids is 1. The van der Waals surface area contributed by atoms with Crippen molar-refractivity contribution < 1.29 is 19.4 Å². The van der Waals surface area contributed by atoms with Crippen LogP contribution in [-0.2, 0) is 9.53 Å². The maximum Gasteiger partial charge on any atom is 0.330 e. The SMILES string of the molecule is C=CC(=O)OCC(O)COc1ccc(Br)c(C)c1Br. The minimum Gasteiger partial charge on any atom is -0.490 e. The van der Waals surface area contributed by atoms with E-state index in [1.165, 1.54) is 0 Å². The third-order valence-electron chi connectivity index (χ3n) is 2.30. The number of carbonyl (C=O) groups is 1. The topological polar surface area (TPSA) is 55.8 Å². The van der Waals surface area contributed by atoms with Gasteiger partial charge in [-0.1, -0.05) is 22.5 Å². The normalized spacial score (nSPS) is 11.8. The van der Waals surface area contributed by atoms with Crippen LogP contribution in [0.2, 0.25) is 0 Å². The lowest BCUT2D eigenvalue weighted by molar-refractivity contribution is -0.141. The Balaban J connectivity index is 2.51. The van der Waals surface area contributed by atoms with Crippen LogP contribution in [0.1, 0.15) is 5.56 Å². The summed E-state index contributed by atoms with van der Waals surface area (Å²) < 4.78 is 12.0. The fraction of sp³-hybridized carbons (Fsp3) is 0.308. The number of ether oxygens (including phenoxy) is 2. The molecule has 1 N–H and O–H groups in total. The van der Waals surface area contributed by atoms with E-state index in [0.717, 1.165) is 20.6 Å². The van der Waals surface area contributed by atoms with E-state index in [-0.39, 0.29) is 13.2 Å². The molecule has 0 aliphatic carbocycles. The molecule has 0 amide bonds. The Hall–Kier alpha value is -0.850. The van der Waals surface area contributed by atoms with Crippen LogP contribution in [0.3, 0.4) is 0 Å². The maximum absolute atomic E-state index is 10.8. The summed E-state index contributed by atoms with van der Waals surface area (Å²) in [6.45, 7) is 5.10. The molecule has 0 radical (unpaired) electrons. The van der Waals surface area contributed by atoms with Gasteiger partial charge in [0.1, 0.15) is 25.1 Å². The summed E-state index contributed by atoms with van der Waals surface area (Å²) in [5.74, 6) is 0.0505. The molecule has 19 heavy (non-hydrogen) atoms. The van der Waals surface area contributed by atoms with E-state index in [2.05, 4.69) is 38.4 Å². The van der Waals surface area contributed by atoms with Crippen LogP contribution in [-0.4, -0.2) is 30.4 Å². The minimum absolute atomic E-state index is 0.0318. The average molecular weight is 394 g/mol. The lowest BCUT2D eigenvalue weighted by Gasteiger charge is -2.14. The van der Waals surface area contributed by atoms with Crippen molar-refractivity contribution in [3.63, 3.8) is 0 Å². The third kappa shape index (κ3) is 4.97. The van der Waals surface area contributed by atoms with E-state index in [1.807, 2.05) is 13.0 Å². The number of aliphatic hydroxyl groups excluding tert-OH is 1. The first-order valence-corrected chi connectivity index (χ1v) is 7.09. The number of rotatable bonds is 6. The summed E-state index contributed by atoms with van der Waals surface area (Å²) >= 11 is 6.83. The van der Waals surface area contributed by atoms with Crippen LogP contribution < -0.4 is 4.74 Å². The van der Waals surface area contributed by atoms with Crippen molar-refractivity contribution in [2.45, 2.75) is 13.0 Å². The molecule has 0 saturated heterocycles. The highest BCUT2D eigenvalue weighted by Crippen LogP contribution is 2.33. The van der Waals surface area contributed by atoms with Crippen LogP contribution in [0.25, 0.3) is 0 Å². The third-order valence-corrected chi connectivity index (χ3v) is 4.15. The van der Waals surface area contributed by atoms with Crippen molar-refractivity contribution in [1.82, 2.24) is 0 Å². The van der Waals surface area contributed by atoms with Gasteiger partial charge in [-0.15, -0.1) is 0 Å². The number of benzene rings is 1. The Bertz CT molecular complexity index is 474. The molecule has 0 bridgehead atoms. The monoisotopic (exact) mass is 392 g/mol. The van der Waals surface area contributed by atoms with Gasteiger partial charge >= 0.3 is 5.97 Å². The number of aliphatic hydroxyl groups is 1. The summed E-state index contributed by atoms with van der Waals surface area (Å²) in [4.78, 5) is 10.8. The van der Waals surface area contributed by atoms with Crippen LogP contribution in [0.15, 0.2) is 33.7 Å². The van der Waals surface area contributed by atoms with Gasteiger partial charge in [-0.2, -0.15) is 0 Å². The van der Waals surface area contributed by atoms with Crippen LogP contribution >= 0.6 is 31.9 Å². The molecule has 4 nitrogen and oxygen atoms in total. The van der Waals surface area contributed by atoms with Crippen molar-refractivity contribution in [2.75, 3.05) is 13.2 Å². The Morgan fingerprint density at radius 2 is 2.16 bits per heavy atom. The van der Waals surface area contributed by atoms with Gasteiger partial charge in [-0.25, -0.2) is 4.79 Å². The predicted octanol–water partition coefficient (Wildman–Crippen LogP) is 2.99. The quantitative estimate of drug-likeness (QED) is 0.596. The molecule has 0 spiro atoms. The molecule has 1 aromatic rings. The molecule has 0 aliphatic heterocycles. The molecule has 1 unspecified atom stereocenters. The van der Waals surface area contributed by atoms with Crippen molar-refractivity contribution >= 4 is 37.8 Å². The fourth-order valence-electron chi connectivity index (χ4n) is 1.22. The van der Waals surface area contributed by atoms with Crippen LogP contribution in [0, 0.1) is 6.92 Å². The predicted molar refractivity (Wildman–Crippen MR) is 79.2 cm³/mol. The molecule has 104 valence electrons. The van der Waals surface area contributed by atoms with Gasteiger partial charge < -0.3 is 14.6 Å². The summed E-state index contributed by atoms with van der Waals surface area (Å²) in [5.41, 5.74) is 1.00. The van der Waals surface area contributed by atoms with Crippen molar-refractivity contribution in [3.8, 4) is 5.75 Å². The Morgan fingerprint density at radius 1 is 1.47 bits per heavy atom. The van der Waals surface area contributed by atoms with E-state index < -0.39 is 12.1 Å². The zero-order valence-electron chi connectivity index (χ0n) is 10.4. The number of hydrogen-bond donors (Lipinski definition) is 1. The molecule has 0 aromatic heterocycles. The average Bonchev–Trinajstić information content (AvgIpc) is 2.41. The van der Waals surface area contributed by atoms with E-state index in [1.54, 1.807) is 6.07 Å². The molecule has 0 fully saturated rings. The number of esters is 1. The molecule has 6 heteroatoms. The Morgan fingerprint density at radius 3 is 2.79 bits per heavy atom. The van der Waals surface area contributed by atoms with Gasteiger partial charge in [0.05, 0.1) is 4.47 Å². The van der Waals surface area contributed by atoms with E-state index in [0.29, 0.717) is 5.75 Å². The second kappa shape index (κ2) is 7.67. The lowest BCUT2D eigenvalue weighted by atomic mass is 10.2. The van der Waals surface area contributed by atoms with Gasteiger partial charge in [-0.05, 0) is 40.5 Å². The standard InChI is InChI=1S/C13H14Br2O4/c1-3-12(17)19-7-9(16)6-18-11-5-4-10(14)8(2)13(11)15/h3-5,9,16H,1,6-7H2,2H3. The number of hydrogen-bond acceptors (Lipinski definition) is 4. The summed E-state index contributed by atoms with van der Waals surface area (Å²) in [6, 6.07) is 3.64. The summed E-state index contributed by atoms with van der Waals surface area (Å²) in [6.07, 6.45) is 0.155. The summed E-state index contributed by atoms with van der Waals surface area (Å²) in [5, 5.41) is 9.61. The number of halogens is 2. The van der Waals surface area contributed by atoms with Crippen molar-refractivity contribution in [3.05, 3.63) is 39.3 Å². The molecule has 0 aliphatic rings. The van der Waals surface area contributed by atoms with Crippen LogP contribution in [0.5, 0.6) is 5.75 Å². The smallest absolute Gasteiger partial charge is 0.330 e. The molecule has 1 aromatic carbocycles. The van der Waals surface area contributed by atoms with Gasteiger partial charge in [-0.3, -0.25) is 0 Å². The second-order valence-corrected chi connectivity index (χ2v) is 5.43. The molecule has 1 rings (SSSR count). The maximum atomic E-state index is 10.8. The molecule has 0 heterocycles. The van der Waals surface area contributed by atoms with Gasteiger partial charge in [0.2, 0.25) is 0 Å². The van der Waals surface area contributed by atoms with Crippen LogP contribution in [0.4, 0.5) is 0 Å². The zero-order chi connectivity index (χ0) is 14.4. The largest absolute Gasteiger partial charge is 0.490 e. The highest BCUT2D eigenvalue weighted by molar-refractivity contribution is 9.11. The fourth-order valence-corrected chi connectivity index (χ4v) is 2.28. The molecule has 0 saturated carbocycles. The van der Waals surface area contributed by atoms with E-state index in [4.69, 9.17) is 9.47 Å². The zero-order valence-corrected chi connectivity index (χ0v) is 13.5. The van der Waals surface area contributed by atoms with E-state index in [9.17, 15) is 9.90 Å². The first kappa shape index (κ1) is 16.2. The lowest BCUT2D eigenvalue weighted by Crippen LogP contribution is -2.24. The molecular weight excluding hydrogens is 380 g/mol. The first-order chi connectivity index (χ1) is 8.95. The van der Waals surface area contributed by atoms with Gasteiger partial charge in [0.25, 0.3) is 0 Å². The Kier molecular flexibility index (Phi) is 6.54. The van der Waals surface area contributed by atoms with E-state index >= 15 is 0 Å². The van der Waals surface area contributed by atoms with Crippen molar-refractivity contribution in [1.29, 1.82) is 0 Å². The second-order valence-electron chi connectivity index (χ2n) is 3.78. The van der Waals surface area contributed by atoms with Crippen molar-refractivity contribution in [2.24, 2.45) is 0 Å². The van der Waals surface area contributed by atoms with Gasteiger partial charge in [0.15, 0.2) is 0 Å². The highest BCUT2D eigenvalue weighted by Gasteiger charge is 2.11. The molecular formula is C13H14Br2O4.